The first-order chi connectivity index (χ1) is 16.5. The van der Waals surface area contributed by atoms with Gasteiger partial charge in [-0.2, -0.15) is 0 Å². The first kappa shape index (κ1) is 26.9. The van der Waals surface area contributed by atoms with Crippen molar-refractivity contribution in [2.24, 2.45) is 5.92 Å². The van der Waals surface area contributed by atoms with Gasteiger partial charge in [-0.3, -0.25) is 9.59 Å². The summed E-state index contributed by atoms with van der Waals surface area (Å²) in [7, 11) is 0. The molecule has 1 aliphatic carbocycles. The molecule has 35 heavy (non-hydrogen) atoms. The van der Waals surface area contributed by atoms with E-state index in [0.717, 1.165) is 0 Å². The zero-order valence-corrected chi connectivity index (χ0v) is 20.9. The average molecular weight is 496 g/mol. The van der Waals surface area contributed by atoms with Crippen LogP contribution in [0.5, 0.6) is 0 Å². The first-order valence-corrected chi connectivity index (χ1v) is 12.2. The second kappa shape index (κ2) is 10.9. The minimum atomic E-state index is -1.18. The van der Waals surface area contributed by atoms with Gasteiger partial charge in [0, 0.05) is 25.5 Å². The minimum Gasteiger partial charge on any atom is -0.464 e. The van der Waals surface area contributed by atoms with E-state index in [-0.39, 0.29) is 32.1 Å². The van der Waals surface area contributed by atoms with Gasteiger partial charge in [-0.05, 0) is 47.0 Å². The van der Waals surface area contributed by atoms with E-state index in [0.29, 0.717) is 25.9 Å². The first-order valence-electron chi connectivity index (χ1n) is 12.2. The molecule has 196 valence electrons. The summed E-state index contributed by atoms with van der Waals surface area (Å²) in [6.45, 7) is 7.14. The van der Waals surface area contributed by atoms with Crippen LogP contribution >= 0.6 is 0 Å². The fourth-order valence-corrected chi connectivity index (χ4v) is 4.41. The SMILES string of the molecule is CCOC(=O)[C@@]12C[C@H]1/C=C\CCCOC[C@H](NC(=O)OC(C)(C)C)C(=O)N1C[C@H](O)C[C@H]1C(=O)N2. The lowest BCUT2D eigenvalue weighted by Crippen LogP contribution is -2.57. The quantitative estimate of drug-likeness (QED) is 0.382. The molecule has 0 aromatic heterocycles. The molecule has 3 rings (SSSR count). The molecule has 0 unspecified atom stereocenters. The van der Waals surface area contributed by atoms with Crippen LogP contribution in [-0.2, 0) is 28.6 Å². The summed E-state index contributed by atoms with van der Waals surface area (Å²) in [5.74, 6) is -1.85. The lowest BCUT2D eigenvalue weighted by atomic mass is 10.1. The Hall–Kier alpha value is -2.66. The van der Waals surface area contributed by atoms with Crippen molar-refractivity contribution in [2.75, 3.05) is 26.4 Å². The van der Waals surface area contributed by atoms with Gasteiger partial charge >= 0.3 is 12.1 Å². The van der Waals surface area contributed by atoms with E-state index in [1.807, 2.05) is 12.2 Å². The summed E-state index contributed by atoms with van der Waals surface area (Å²) in [5, 5.41) is 15.6. The van der Waals surface area contributed by atoms with Gasteiger partial charge in [0.25, 0.3) is 0 Å². The molecule has 11 heteroatoms. The predicted octanol–water partition coefficient (Wildman–Crippen LogP) is 0.646. The molecule has 1 saturated heterocycles. The lowest BCUT2D eigenvalue weighted by Gasteiger charge is -2.30. The number of nitrogens with one attached hydrogen (secondary N) is 2. The van der Waals surface area contributed by atoms with Crippen molar-refractivity contribution in [2.45, 2.75) is 82.7 Å². The minimum absolute atomic E-state index is 0.0109. The second-order valence-corrected chi connectivity index (χ2v) is 10.2. The van der Waals surface area contributed by atoms with E-state index in [1.54, 1.807) is 27.7 Å². The summed E-state index contributed by atoms with van der Waals surface area (Å²) in [5.41, 5.74) is -1.95. The van der Waals surface area contributed by atoms with Crippen LogP contribution in [0.3, 0.4) is 0 Å². The number of aliphatic hydroxyl groups excluding tert-OH is 1. The van der Waals surface area contributed by atoms with E-state index in [4.69, 9.17) is 14.2 Å². The van der Waals surface area contributed by atoms with Gasteiger partial charge in [-0.15, -0.1) is 0 Å². The molecule has 3 aliphatic rings. The molecular formula is C24H37N3O8. The Kier molecular flexibility index (Phi) is 8.42. The molecule has 0 aromatic rings. The van der Waals surface area contributed by atoms with Crippen LogP contribution in [0.25, 0.3) is 0 Å². The largest absolute Gasteiger partial charge is 0.464 e. The predicted molar refractivity (Wildman–Crippen MR) is 124 cm³/mol. The number of esters is 1. The number of aliphatic hydroxyl groups is 1. The molecule has 2 aliphatic heterocycles. The van der Waals surface area contributed by atoms with E-state index in [2.05, 4.69) is 10.6 Å². The highest BCUT2D eigenvalue weighted by Gasteiger charge is 2.62. The standard InChI is InChI=1S/C24H37N3O8/c1-5-34-21(31)24-12-15(24)9-7-6-8-10-33-14-17(25-22(32)35-23(2,3)4)20(30)27-13-16(28)11-18(27)19(29)26-24/h7,9,15-18,28H,5-6,8,10-14H2,1-4H3,(H,25,32)(H,26,29)/b9-7-/t15-,16-,17+,18+,24-/m1/s1. The third kappa shape index (κ3) is 6.72. The number of allylic oxidation sites excluding steroid dienone is 1. The molecule has 3 amide bonds. The number of hydrogen-bond donors (Lipinski definition) is 3. The number of nitrogens with zero attached hydrogens (tertiary/aromatic N) is 1. The van der Waals surface area contributed by atoms with Crippen LogP contribution in [-0.4, -0.2) is 89.6 Å². The molecule has 2 heterocycles. The van der Waals surface area contributed by atoms with Gasteiger partial charge in [-0.25, -0.2) is 9.59 Å². The van der Waals surface area contributed by atoms with Crippen LogP contribution < -0.4 is 10.6 Å². The summed E-state index contributed by atoms with van der Waals surface area (Å²) in [6.07, 6.45) is 3.88. The maximum absolute atomic E-state index is 13.4. The molecule has 5 atom stereocenters. The molecule has 0 aromatic carbocycles. The van der Waals surface area contributed by atoms with Crippen LogP contribution in [0.4, 0.5) is 4.79 Å². The Labute approximate surface area is 205 Å². The lowest BCUT2D eigenvalue weighted by molar-refractivity contribution is -0.150. The third-order valence-corrected chi connectivity index (χ3v) is 6.17. The van der Waals surface area contributed by atoms with E-state index >= 15 is 0 Å². The zero-order chi connectivity index (χ0) is 25.8. The van der Waals surface area contributed by atoms with Gasteiger partial charge < -0.3 is 34.9 Å². The van der Waals surface area contributed by atoms with Crippen LogP contribution in [0.2, 0.25) is 0 Å². The molecular weight excluding hydrogens is 458 g/mol. The molecule has 0 radical (unpaired) electrons. The summed E-state index contributed by atoms with van der Waals surface area (Å²) in [6, 6.07) is -2.12. The third-order valence-electron chi connectivity index (χ3n) is 6.17. The highest BCUT2D eigenvalue weighted by molar-refractivity contribution is 5.96. The second-order valence-electron chi connectivity index (χ2n) is 10.2. The number of fused-ring (bicyclic) bond motifs is 2. The zero-order valence-electron chi connectivity index (χ0n) is 20.9. The summed E-state index contributed by atoms with van der Waals surface area (Å²) >= 11 is 0. The number of alkyl carbamates (subject to hydrolysis) is 1. The highest BCUT2D eigenvalue weighted by Crippen LogP contribution is 2.46. The van der Waals surface area contributed by atoms with Crippen LogP contribution in [0.15, 0.2) is 12.2 Å². The molecule has 2 fully saturated rings. The summed E-state index contributed by atoms with van der Waals surface area (Å²) < 4.78 is 16.2. The fourth-order valence-electron chi connectivity index (χ4n) is 4.41. The monoisotopic (exact) mass is 495 g/mol. The van der Waals surface area contributed by atoms with Crippen molar-refractivity contribution in [3.05, 3.63) is 12.2 Å². The Morgan fingerprint density at radius 3 is 2.77 bits per heavy atom. The van der Waals surface area contributed by atoms with Crippen molar-refractivity contribution in [3.63, 3.8) is 0 Å². The van der Waals surface area contributed by atoms with Crippen LogP contribution in [0, 0.1) is 5.92 Å². The molecule has 0 spiro atoms. The van der Waals surface area contributed by atoms with E-state index in [1.165, 1.54) is 4.90 Å². The maximum atomic E-state index is 13.4. The molecule has 3 N–H and O–H groups in total. The van der Waals surface area contributed by atoms with Gasteiger partial charge in [0.05, 0.1) is 19.3 Å². The Bertz CT molecular complexity index is 854. The average Bonchev–Trinajstić information content (AvgIpc) is 3.30. The van der Waals surface area contributed by atoms with Crippen molar-refractivity contribution < 1.29 is 38.5 Å². The highest BCUT2D eigenvalue weighted by atomic mass is 16.6. The smallest absolute Gasteiger partial charge is 0.408 e. The number of amides is 3. The number of hydrogen-bond acceptors (Lipinski definition) is 8. The van der Waals surface area contributed by atoms with E-state index < -0.39 is 53.2 Å². The number of carbonyl (C=O) groups excluding carboxylic acids is 4. The normalized spacial score (nSPS) is 32.8. The number of ether oxygens (including phenoxy) is 3. The summed E-state index contributed by atoms with van der Waals surface area (Å²) in [4.78, 5) is 53.1. The molecule has 11 nitrogen and oxygen atoms in total. The van der Waals surface area contributed by atoms with Crippen LogP contribution in [0.1, 0.15) is 53.4 Å². The van der Waals surface area contributed by atoms with Gasteiger partial charge in [0.1, 0.15) is 23.2 Å². The number of rotatable bonds is 3. The Morgan fingerprint density at radius 2 is 2.09 bits per heavy atom. The van der Waals surface area contributed by atoms with E-state index in [9.17, 15) is 24.3 Å². The van der Waals surface area contributed by atoms with Gasteiger partial charge in [0.15, 0.2) is 0 Å². The maximum Gasteiger partial charge on any atom is 0.408 e. The van der Waals surface area contributed by atoms with Crippen molar-refractivity contribution in [1.82, 2.24) is 15.5 Å². The Balaban J connectivity index is 1.84. The van der Waals surface area contributed by atoms with Crippen molar-refractivity contribution in [3.8, 4) is 0 Å². The topological polar surface area (TPSA) is 144 Å². The number of carbonyl (C=O) groups is 4. The van der Waals surface area contributed by atoms with Crippen molar-refractivity contribution in [1.29, 1.82) is 0 Å². The van der Waals surface area contributed by atoms with Gasteiger partial charge in [-0.1, -0.05) is 12.2 Å². The van der Waals surface area contributed by atoms with Gasteiger partial charge in [0.2, 0.25) is 11.8 Å². The molecule has 1 saturated carbocycles. The fraction of sp³-hybridized carbons (Fsp3) is 0.750. The molecule has 0 bridgehead atoms. The Morgan fingerprint density at radius 1 is 1.34 bits per heavy atom. The van der Waals surface area contributed by atoms with Crippen molar-refractivity contribution >= 4 is 23.9 Å².